The van der Waals surface area contributed by atoms with Gasteiger partial charge in [-0.2, -0.15) is 0 Å². The average molecular weight is 258 g/mol. The minimum absolute atomic E-state index is 0.00928. The topological polar surface area (TPSA) is 66.1 Å². The van der Waals surface area contributed by atoms with Crippen LogP contribution in [0.5, 0.6) is 0 Å². The Hall–Kier alpha value is -1.17. The van der Waals surface area contributed by atoms with E-state index in [0.29, 0.717) is 18.8 Å². The van der Waals surface area contributed by atoms with Crippen molar-refractivity contribution >= 4 is 27.7 Å². The molecule has 14 heavy (non-hydrogen) atoms. The molecule has 0 bridgehead atoms. The highest BCUT2D eigenvalue weighted by Gasteiger charge is 2.29. The quantitative estimate of drug-likeness (QED) is 0.735. The molecule has 6 heteroatoms. The van der Waals surface area contributed by atoms with Crippen LogP contribution in [0.1, 0.15) is 6.42 Å². The summed E-state index contributed by atoms with van der Waals surface area (Å²) in [7, 11) is 0. The van der Waals surface area contributed by atoms with E-state index in [4.69, 9.17) is 0 Å². The van der Waals surface area contributed by atoms with Crippen LogP contribution in [-0.2, 0) is 4.79 Å². The molecule has 0 aromatic carbocycles. The summed E-state index contributed by atoms with van der Waals surface area (Å²) in [5.74, 6) is 0.408. The number of hydrogen-bond acceptors (Lipinski definition) is 3. The van der Waals surface area contributed by atoms with Gasteiger partial charge in [0.1, 0.15) is 5.82 Å². The van der Waals surface area contributed by atoms with Gasteiger partial charge in [0.15, 0.2) is 0 Å². The van der Waals surface area contributed by atoms with Crippen LogP contribution in [0.15, 0.2) is 17.2 Å². The number of aromatic amines is 1. The molecule has 1 N–H and O–H groups in total. The fourth-order valence-electron chi connectivity index (χ4n) is 1.39. The summed E-state index contributed by atoms with van der Waals surface area (Å²) in [4.78, 5) is 30.4. The molecule has 1 aliphatic rings. The Kier molecular flexibility index (Phi) is 2.37. The molecule has 0 radical (unpaired) electrons. The summed E-state index contributed by atoms with van der Waals surface area (Å²) in [6.45, 7) is 0.565. The van der Waals surface area contributed by atoms with E-state index in [2.05, 4.69) is 25.9 Å². The van der Waals surface area contributed by atoms with E-state index in [0.717, 1.165) is 0 Å². The molecule has 1 amide bonds. The molecule has 0 saturated carbocycles. The monoisotopic (exact) mass is 257 g/mol. The number of hydrogen-bond donors (Lipinski definition) is 1. The molecule has 2 heterocycles. The summed E-state index contributed by atoms with van der Waals surface area (Å²) in [6, 6.07) is 1.32. The van der Waals surface area contributed by atoms with E-state index in [1.54, 1.807) is 0 Å². The first-order valence-corrected chi connectivity index (χ1v) is 5.07. The lowest BCUT2D eigenvalue weighted by atomic mass is 10.4. The van der Waals surface area contributed by atoms with Gasteiger partial charge in [0.05, 0.1) is 6.33 Å². The van der Waals surface area contributed by atoms with Gasteiger partial charge in [0.25, 0.3) is 5.56 Å². The molecule has 1 aromatic heterocycles. The third-order valence-electron chi connectivity index (χ3n) is 2.02. The van der Waals surface area contributed by atoms with Crippen LogP contribution in [0, 0.1) is 0 Å². The standard InChI is InChI=1S/C8H8BrN3O2/c9-5-1-8(14)12(3-5)6-2-7(13)11-4-10-6/h2,4-5H,1,3H2,(H,10,11,13). The largest absolute Gasteiger partial charge is 0.313 e. The third-order valence-corrected chi connectivity index (χ3v) is 2.63. The van der Waals surface area contributed by atoms with Crippen LogP contribution in [-0.4, -0.2) is 27.2 Å². The van der Waals surface area contributed by atoms with Crippen molar-refractivity contribution in [3.05, 3.63) is 22.7 Å². The molecule has 1 unspecified atom stereocenters. The molecular formula is C8H8BrN3O2. The summed E-state index contributed by atoms with van der Waals surface area (Å²) < 4.78 is 0. The lowest BCUT2D eigenvalue weighted by molar-refractivity contribution is -0.117. The normalized spacial score (nSPS) is 21.6. The second-order valence-electron chi connectivity index (χ2n) is 3.08. The highest BCUT2D eigenvalue weighted by molar-refractivity contribution is 9.09. The fraction of sp³-hybridized carbons (Fsp3) is 0.375. The predicted molar refractivity (Wildman–Crippen MR) is 54.5 cm³/mol. The van der Waals surface area contributed by atoms with Gasteiger partial charge in [0, 0.05) is 23.9 Å². The van der Waals surface area contributed by atoms with E-state index in [1.165, 1.54) is 17.3 Å². The summed E-state index contributed by atoms with van der Waals surface area (Å²) in [5.41, 5.74) is -0.249. The molecular weight excluding hydrogens is 250 g/mol. The molecule has 1 aromatic rings. The van der Waals surface area contributed by atoms with Crippen molar-refractivity contribution in [2.75, 3.05) is 11.4 Å². The van der Waals surface area contributed by atoms with Gasteiger partial charge in [-0.05, 0) is 0 Å². The molecule has 1 aliphatic heterocycles. The van der Waals surface area contributed by atoms with Crippen LogP contribution < -0.4 is 10.5 Å². The number of carbonyl (C=O) groups excluding carboxylic acids is 1. The zero-order valence-electron chi connectivity index (χ0n) is 7.24. The molecule has 5 nitrogen and oxygen atoms in total. The number of nitrogens with one attached hydrogen (secondary N) is 1. The Bertz CT molecular complexity index is 417. The van der Waals surface area contributed by atoms with Crippen molar-refractivity contribution < 1.29 is 4.79 Å². The summed E-state index contributed by atoms with van der Waals surface area (Å²) in [6.07, 6.45) is 1.75. The molecule has 74 valence electrons. The third kappa shape index (κ3) is 1.70. The molecule has 1 atom stereocenters. The van der Waals surface area contributed by atoms with Crippen molar-refractivity contribution in [2.24, 2.45) is 0 Å². The number of alkyl halides is 1. The van der Waals surface area contributed by atoms with Crippen LogP contribution in [0.3, 0.4) is 0 Å². The minimum Gasteiger partial charge on any atom is -0.313 e. The van der Waals surface area contributed by atoms with Crippen LogP contribution in [0.4, 0.5) is 5.82 Å². The van der Waals surface area contributed by atoms with Crippen molar-refractivity contribution in [2.45, 2.75) is 11.2 Å². The predicted octanol–water partition coefficient (Wildman–Crippen LogP) is 0.270. The summed E-state index contributed by atoms with van der Waals surface area (Å²) >= 11 is 3.36. The van der Waals surface area contributed by atoms with E-state index in [1.807, 2.05) is 0 Å². The number of H-pyrrole nitrogens is 1. The number of anilines is 1. The smallest absolute Gasteiger partial charge is 0.252 e. The Balaban J connectivity index is 2.32. The average Bonchev–Trinajstić information content (AvgIpc) is 2.45. The molecule has 2 rings (SSSR count). The van der Waals surface area contributed by atoms with Gasteiger partial charge in [-0.3, -0.25) is 14.5 Å². The maximum absolute atomic E-state index is 11.4. The van der Waals surface area contributed by atoms with E-state index >= 15 is 0 Å². The van der Waals surface area contributed by atoms with E-state index in [-0.39, 0.29) is 16.3 Å². The summed E-state index contributed by atoms with van der Waals surface area (Å²) in [5, 5.41) is 0. The maximum atomic E-state index is 11.4. The number of halogens is 1. The number of amides is 1. The van der Waals surface area contributed by atoms with Crippen molar-refractivity contribution in [1.29, 1.82) is 0 Å². The zero-order valence-corrected chi connectivity index (χ0v) is 8.82. The molecule has 0 spiro atoms. The van der Waals surface area contributed by atoms with Crippen molar-refractivity contribution in [3.8, 4) is 0 Å². The van der Waals surface area contributed by atoms with Crippen LogP contribution in [0.25, 0.3) is 0 Å². The number of carbonyl (C=O) groups is 1. The highest BCUT2D eigenvalue weighted by atomic mass is 79.9. The first-order valence-electron chi connectivity index (χ1n) is 4.16. The highest BCUT2D eigenvalue weighted by Crippen LogP contribution is 2.21. The van der Waals surface area contributed by atoms with Crippen LogP contribution >= 0.6 is 15.9 Å². The van der Waals surface area contributed by atoms with Gasteiger partial charge < -0.3 is 4.98 Å². The van der Waals surface area contributed by atoms with E-state index in [9.17, 15) is 9.59 Å². The Morgan fingerprint density at radius 3 is 2.93 bits per heavy atom. The van der Waals surface area contributed by atoms with Crippen molar-refractivity contribution in [1.82, 2.24) is 9.97 Å². The van der Waals surface area contributed by atoms with Crippen molar-refractivity contribution in [3.63, 3.8) is 0 Å². The first kappa shape index (κ1) is 9.39. The SMILES string of the molecule is O=C1CC(Br)CN1c1cc(=O)[nH]cn1. The van der Waals surface area contributed by atoms with Gasteiger partial charge in [0.2, 0.25) is 5.91 Å². The number of rotatable bonds is 1. The lowest BCUT2D eigenvalue weighted by Crippen LogP contribution is -2.27. The Morgan fingerprint density at radius 1 is 1.57 bits per heavy atom. The van der Waals surface area contributed by atoms with Gasteiger partial charge in [-0.25, -0.2) is 4.98 Å². The molecule has 0 aliphatic carbocycles. The zero-order chi connectivity index (χ0) is 10.1. The first-order chi connectivity index (χ1) is 6.66. The molecule has 1 fully saturated rings. The van der Waals surface area contributed by atoms with E-state index < -0.39 is 0 Å². The second kappa shape index (κ2) is 3.53. The fourth-order valence-corrected chi connectivity index (χ4v) is 1.96. The van der Waals surface area contributed by atoms with Gasteiger partial charge in [-0.15, -0.1) is 0 Å². The molecule has 1 saturated heterocycles. The maximum Gasteiger partial charge on any atom is 0.252 e. The van der Waals surface area contributed by atoms with Gasteiger partial charge in [-0.1, -0.05) is 15.9 Å². The second-order valence-corrected chi connectivity index (χ2v) is 4.37. The minimum atomic E-state index is -0.249. The van der Waals surface area contributed by atoms with Crippen LogP contribution in [0.2, 0.25) is 0 Å². The van der Waals surface area contributed by atoms with Gasteiger partial charge >= 0.3 is 0 Å². The number of nitrogens with zero attached hydrogens (tertiary/aromatic N) is 2. The lowest BCUT2D eigenvalue weighted by Gasteiger charge is -2.13. The Labute approximate surface area is 88.3 Å². The Morgan fingerprint density at radius 2 is 2.36 bits per heavy atom. The number of aromatic nitrogens is 2.